The number of pyridine rings is 1. The van der Waals surface area contributed by atoms with Crippen LogP contribution in [0, 0.1) is 6.92 Å². The van der Waals surface area contributed by atoms with E-state index in [1.54, 1.807) is 12.4 Å². The minimum atomic E-state index is 0.0841. The summed E-state index contributed by atoms with van der Waals surface area (Å²) in [6.45, 7) is 3.87. The van der Waals surface area contributed by atoms with E-state index < -0.39 is 0 Å². The van der Waals surface area contributed by atoms with Crippen LogP contribution in [0.3, 0.4) is 0 Å². The summed E-state index contributed by atoms with van der Waals surface area (Å²) in [5, 5.41) is 8.44. The SMILES string of the molecule is Cc1ccncc1C(=O)N1CCCCC1CCn1cc(COc2ccccc2)nn1. The van der Waals surface area contributed by atoms with Crippen LogP contribution < -0.4 is 4.74 Å². The minimum Gasteiger partial charge on any atom is -0.487 e. The molecular weight excluding hydrogens is 378 g/mol. The predicted octanol–water partition coefficient (Wildman–Crippen LogP) is 3.65. The number of aromatic nitrogens is 4. The van der Waals surface area contributed by atoms with Crippen molar-refractivity contribution in [2.24, 2.45) is 0 Å². The first-order valence-electron chi connectivity index (χ1n) is 10.5. The smallest absolute Gasteiger partial charge is 0.255 e. The number of likely N-dealkylation sites (tertiary alicyclic amines) is 1. The summed E-state index contributed by atoms with van der Waals surface area (Å²) in [6.07, 6.45) is 9.39. The number of aryl methyl sites for hydroxylation is 2. The van der Waals surface area contributed by atoms with Gasteiger partial charge in [0, 0.05) is 31.5 Å². The lowest BCUT2D eigenvalue weighted by Gasteiger charge is -2.36. The first-order chi connectivity index (χ1) is 14.7. The van der Waals surface area contributed by atoms with Gasteiger partial charge in [-0.15, -0.1) is 5.10 Å². The van der Waals surface area contributed by atoms with Crippen LogP contribution in [0.5, 0.6) is 5.75 Å². The quantitative estimate of drug-likeness (QED) is 0.600. The van der Waals surface area contributed by atoms with Crippen LogP contribution >= 0.6 is 0 Å². The third kappa shape index (κ3) is 4.84. The molecule has 0 radical (unpaired) electrons. The van der Waals surface area contributed by atoms with Gasteiger partial charge in [-0.1, -0.05) is 23.4 Å². The summed E-state index contributed by atoms with van der Waals surface area (Å²) in [5.74, 6) is 0.898. The first-order valence-corrected chi connectivity index (χ1v) is 10.5. The van der Waals surface area contributed by atoms with Gasteiger partial charge in [0.1, 0.15) is 18.1 Å². The maximum absolute atomic E-state index is 13.1. The molecule has 2 aromatic heterocycles. The van der Waals surface area contributed by atoms with Crippen LogP contribution in [0.2, 0.25) is 0 Å². The molecule has 0 bridgehead atoms. The van der Waals surface area contributed by atoms with Crippen molar-refractivity contribution >= 4 is 5.91 Å². The van der Waals surface area contributed by atoms with Gasteiger partial charge in [-0.2, -0.15) is 0 Å². The Morgan fingerprint density at radius 2 is 2.07 bits per heavy atom. The van der Waals surface area contributed by atoms with Crippen molar-refractivity contribution in [3.05, 3.63) is 71.8 Å². The number of nitrogens with zero attached hydrogens (tertiary/aromatic N) is 5. The standard InChI is InChI=1S/C23H27N5O2/c1-18-10-12-24-15-22(18)23(29)28-13-6-5-7-20(28)11-14-27-16-19(25-26-27)17-30-21-8-3-2-4-9-21/h2-4,8-10,12,15-16,20H,5-7,11,13-14,17H2,1H3. The number of para-hydroxylation sites is 1. The van der Waals surface area contributed by atoms with Crippen LogP contribution in [0.15, 0.2) is 55.0 Å². The number of carbonyl (C=O) groups excluding carboxylic acids is 1. The third-order valence-corrected chi connectivity index (χ3v) is 5.56. The fourth-order valence-electron chi connectivity index (χ4n) is 3.88. The number of piperidine rings is 1. The van der Waals surface area contributed by atoms with Crippen molar-refractivity contribution in [1.82, 2.24) is 24.9 Å². The van der Waals surface area contributed by atoms with Crippen LogP contribution in [0.4, 0.5) is 0 Å². The zero-order chi connectivity index (χ0) is 20.8. The minimum absolute atomic E-state index is 0.0841. The highest BCUT2D eigenvalue weighted by Crippen LogP contribution is 2.23. The molecule has 3 aromatic rings. The molecule has 0 aliphatic carbocycles. The van der Waals surface area contributed by atoms with E-state index in [2.05, 4.69) is 15.3 Å². The third-order valence-electron chi connectivity index (χ3n) is 5.56. The fourth-order valence-corrected chi connectivity index (χ4v) is 3.88. The predicted molar refractivity (Wildman–Crippen MR) is 113 cm³/mol. The van der Waals surface area contributed by atoms with Gasteiger partial charge in [0.15, 0.2) is 0 Å². The van der Waals surface area contributed by atoms with Gasteiger partial charge in [0.2, 0.25) is 0 Å². The highest BCUT2D eigenvalue weighted by Gasteiger charge is 2.28. The Morgan fingerprint density at radius 3 is 2.90 bits per heavy atom. The average Bonchev–Trinajstić information content (AvgIpc) is 3.25. The Kier molecular flexibility index (Phi) is 6.37. The molecule has 7 heteroatoms. The number of ether oxygens (including phenoxy) is 1. The molecule has 1 aromatic carbocycles. The highest BCUT2D eigenvalue weighted by atomic mass is 16.5. The molecule has 1 aliphatic rings. The van der Waals surface area contributed by atoms with E-state index in [1.807, 2.05) is 59.1 Å². The van der Waals surface area contributed by atoms with Gasteiger partial charge < -0.3 is 9.64 Å². The lowest BCUT2D eigenvalue weighted by atomic mass is 9.97. The second-order valence-electron chi connectivity index (χ2n) is 7.70. The van der Waals surface area contributed by atoms with E-state index in [0.29, 0.717) is 12.2 Å². The van der Waals surface area contributed by atoms with E-state index in [0.717, 1.165) is 55.8 Å². The van der Waals surface area contributed by atoms with Crippen LogP contribution in [-0.2, 0) is 13.2 Å². The largest absolute Gasteiger partial charge is 0.487 e. The summed E-state index contributed by atoms with van der Waals surface area (Å²) in [6, 6.07) is 11.8. The lowest BCUT2D eigenvalue weighted by Crippen LogP contribution is -2.44. The fraction of sp³-hybridized carbons (Fsp3) is 0.391. The van der Waals surface area contributed by atoms with E-state index in [4.69, 9.17) is 4.74 Å². The molecule has 1 unspecified atom stereocenters. The zero-order valence-electron chi connectivity index (χ0n) is 17.3. The van der Waals surface area contributed by atoms with E-state index >= 15 is 0 Å². The van der Waals surface area contributed by atoms with Gasteiger partial charge in [-0.3, -0.25) is 14.5 Å². The van der Waals surface area contributed by atoms with Gasteiger partial charge in [0.05, 0.1) is 11.8 Å². The summed E-state index contributed by atoms with van der Waals surface area (Å²) in [4.78, 5) is 19.3. The van der Waals surface area contributed by atoms with Gasteiger partial charge in [-0.05, 0) is 56.4 Å². The Morgan fingerprint density at radius 1 is 1.20 bits per heavy atom. The van der Waals surface area contributed by atoms with Gasteiger partial charge in [0.25, 0.3) is 5.91 Å². The summed E-state index contributed by atoms with van der Waals surface area (Å²) < 4.78 is 7.58. The number of amides is 1. The topological polar surface area (TPSA) is 73.1 Å². The Balaban J connectivity index is 1.34. The molecule has 0 N–H and O–H groups in total. The van der Waals surface area contributed by atoms with Crippen LogP contribution in [-0.4, -0.2) is 43.4 Å². The number of carbonyl (C=O) groups is 1. The molecule has 4 rings (SSSR count). The molecule has 156 valence electrons. The molecule has 30 heavy (non-hydrogen) atoms. The van der Waals surface area contributed by atoms with Crippen molar-refractivity contribution in [3.8, 4) is 5.75 Å². The molecule has 0 spiro atoms. The van der Waals surface area contributed by atoms with Crippen LogP contribution in [0.25, 0.3) is 0 Å². The molecule has 1 aliphatic heterocycles. The van der Waals surface area contributed by atoms with Crippen molar-refractivity contribution < 1.29 is 9.53 Å². The summed E-state index contributed by atoms with van der Waals surface area (Å²) in [7, 11) is 0. The number of hydrogen-bond donors (Lipinski definition) is 0. The van der Waals surface area contributed by atoms with E-state index in [1.165, 1.54) is 0 Å². The highest BCUT2D eigenvalue weighted by molar-refractivity contribution is 5.95. The van der Waals surface area contributed by atoms with Crippen molar-refractivity contribution in [2.45, 2.75) is 51.8 Å². The molecule has 0 saturated carbocycles. The number of hydrogen-bond acceptors (Lipinski definition) is 5. The summed E-state index contributed by atoms with van der Waals surface area (Å²) >= 11 is 0. The second kappa shape index (κ2) is 9.52. The molecule has 1 fully saturated rings. The van der Waals surface area contributed by atoms with Crippen molar-refractivity contribution in [3.63, 3.8) is 0 Å². The van der Waals surface area contributed by atoms with Crippen LogP contribution in [0.1, 0.15) is 47.3 Å². The normalized spacial score (nSPS) is 16.4. The zero-order valence-corrected chi connectivity index (χ0v) is 17.3. The molecule has 1 saturated heterocycles. The number of benzene rings is 1. The monoisotopic (exact) mass is 405 g/mol. The Labute approximate surface area is 176 Å². The maximum atomic E-state index is 13.1. The summed E-state index contributed by atoms with van der Waals surface area (Å²) in [5.41, 5.74) is 2.46. The van der Waals surface area contributed by atoms with Crippen molar-refractivity contribution in [1.29, 1.82) is 0 Å². The Bertz CT molecular complexity index is 972. The first kappa shape index (κ1) is 20.1. The van der Waals surface area contributed by atoms with E-state index in [9.17, 15) is 4.79 Å². The second-order valence-corrected chi connectivity index (χ2v) is 7.70. The molecular formula is C23H27N5O2. The molecule has 3 heterocycles. The van der Waals surface area contributed by atoms with Gasteiger partial charge >= 0.3 is 0 Å². The lowest BCUT2D eigenvalue weighted by molar-refractivity contribution is 0.0592. The van der Waals surface area contributed by atoms with Crippen molar-refractivity contribution in [2.75, 3.05) is 6.54 Å². The van der Waals surface area contributed by atoms with E-state index in [-0.39, 0.29) is 11.9 Å². The molecule has 7 nitrogen and oxygen atoms in total. The maximum Gasteiger partial charge on any atom is 0.255 e. The molecule has 1 amide bonds. The Hall–Kier alpha value is -3.22. The average molecular weight is 406 g/mol. The number of rotatable bonds is 7. The molecule has 1 atom stereocenters. The van der Waals surface area contributed by atoms with Gasteiger partial charge in [-0.25, -0.2) is 0 Å².